The quantitative estimate of drug-likeness (QED) is 0.740. The Bertz CT molecular complexity index is 885. The Morgan fingerprint density at radius 2 is 1.57 bits per heavy atom. The lowest BCUT2D eigenvalue weighted by molar-refractivity contribution is -0.117. The highest BCUT2D eigenvalue weighted by Gasteiger charge is 2.36. The molecule has 4 rings (SSSR count). The molecule has 2 heterocycles. The Balaban J connectivity index is 1.77. The van der Waals surface area contributed by atoms with Crippen molar-refractivity contribution in [1.29, 1.82) is 0 Å². The molecule has 1 amide bonds. The second kappa shape index (κ2) is 5.21. The van der Waals surface area contributed by atoms with Crippen LogP contribution < -0.4 is 5.32 Å². The smallest absolute Gasteiger partial charge is 0.265 e. The number of nitrogens with zero attached hydrogens (tertiary/aromatic N) is 2. The van der Waals surface area contributed by atoms with Crippen molar-refractivity contribution in [3.05, 3.63) is 72.3 Å². The topological polar surface area (TPSA) is 64.0 Å². The van der Waals surface area contributed by atoms with E-state index < -0.39 is 5.92 Å². The van der Waals surface area contributed by atoms with Crippen LogP contribution in [0.1, 0.15) is 16.3 Å². The molecule has 3 aromatic rings. The largest absolute Gasteiger partial charge is 0.309 e. The van der Waals surface area contributed by atoms with E-state index in [1.807, 2.05) is 48.5 Å². The first-order valence-corrected chi connectivity index (χ1v) is 7.29. The van der Waals surface area contributed by atoms with Crippen molar-refractivity contribution in [2.24, 2.45) is 0 Å². The van der Waals surface area contributed by atoms with E-state index in [0.29, 0.717) is 17.1 Å². The van der Waals surface area contributed by atoms with Gasteiger partial charge in [-0.25, -0.2) is 0 Å². The van der Waals surface area contributed by atoms with Crippen LogP contribution in [-0.4, -0.2) is 21.6 Å². The van der Waals surface area contributed by atoms with Crippen LogP contribution in [0.2, 0.25) is 0 Å². The third kappa shape index (κ3) is 2.23. The van der Waals surface area contributed by atoms with Crippen LogP contribution in [0.3, 0.4) is 0 Å². The van der Waals surface area contributed by atoms with Gasteiger partial charge in [0.05, 0.1) is 5.69 Å². The van der Waals surface area contributed by atoms with Crippen molar-refractivity contribution in [1.82, 2.24) is 9.78 Å². The number of benzene rings is 2. The van der Waals surface area contributed by atoms with E-state index in [1.165, 1.54) is 4.68 Å². The Labute approximate surface area is 132 Å². The molecule has 0 saturated heterocycles. The van der Waals surface area contributed by atoms with Crippen molar-refractivity contribution >= 4 is 17.6 Å². The monoisotopic (exact) mass is 303 g/mol. The van der Waals surface area contributed by atoms with Gasteiger partial charge in [0.25, 0.3) is 5.91 Å². The molecule has 0 spiro atoms. The number of fused-ring (bicyclic) bond motifs is 1. The number of nitrogens with one attached hydrogen (secondary N) is 1. The fraction of sp³-hybridized carbons (Fsp3) is 0.0556. The van der Waals surface area contributed by atoms with Crippen molar-refractivity contribution in [2.45, 2.75) is 5.92 Å². The van der Waals surface area contributed by atoms with Crippen LogP contribution >= 0.6 is 0 Å². The molecule has 0 bridgehead atoms. The third-order valence-electron chi connectivity index (χ3n) is 3.88. The predicted octanol–water partition coefficient (Wildman–Crippen LogP) is 2.93. The molecule has 0 radical (unpaired) electrons. The van der Waals surface area contributed by atoms with Gasteiger partial charge in [-0.3, -0.25) is 9.59 Å². The average Bonchev–Trinajstić information content (AvgIpc) is 3.01. The van der Waals surface area contributed by atoms with E-state index in [-0.39, 0.29) is 11.8 Å². The van der Waals surface area contributed by atoms with Crippen LogP contribution in [0, 0.1) is 0 Å². The van der Waals surface area contributed by atoms with Crippen molar-refractivity contribution in [3.63, 3.8) is 0 Å². The number of anilines is 1. The van der Waals surface area contributed by atoms with Crippen molar-refractivity contribution in [2.75, 3.05) is 5.32 Å². The van der Waals surface area contributed by atoms with E-state index in [2.05, 4.69) is 10.4 Å². The maximum absolute atomic E-state index is 12.7. The first kappa shape index (κ1) is 13.5. The molecule has 1 aromatic heterocycles. The van der Waals surface area contributed by atoms with Crippen LogP contribution in [0.4, 0.5) is 5.82 Å². The van der Waals surface area contributed by atoms with Crippen molar-refractivity contribution < 1.29 is 9.59 Å². The minimum absolute atomic E-state index is 0.326. The summed E-state index contributed by atoms with van der Waals surface area (Å²) >= 11 is 0. The Morgan fingerprint density at radius 1 is 0.913 bits per heavy atom. The highest BCUT2D eigenvalue weighted by molar-refractivity contribution is 6.15. The van der Waals surface area contributed by atoms with Crippen LogP contribution in [-0.2, 0) is 4.79 Å². The molecule has 5 heteroatoms. The number of hydrogen-bond acceptors (Lipinski definition) is 3. The summed E-state index contributed by atoms with van der Waals surface area (Å²) in [7, 11) is 0. The lowest BCUT2D eigenvalue weighted by atomic mass is 9.96. The van der Waals surface area contributed by atoms with Crippen LogP contribution in [0.25, 0.3) is 11.3 Å². The Kier molecular flexibility index (Phi) is 3.05. The SMILES string of the molecule is O=C1Nc2cc(-c3ccccc3)nn2C(=O)[C@@H]1c1ccccc1. The molecular weight excluding hydrogens is 290 g/mol. The molecular formula is C18H13N3O2. The van der Waals surface area contributed by atoms with Gasteiger partial charge in [-0.1, -0.05) is 60.7 Å². The van der Waals surface area contributed by atoms with Crippen molar-refractivity contribution in [3.8, 4) is 11.3 Å². The normalized spacial score (nSPS) is 16.8. The molecule has 1 atom stereocenters. The zero-order valence-electron chi connectivity index (χ0n) is 12.1. The van der Waals surface area contributed by atoms with E-state index >= 15 is 0 Å². The number of amides is 1. The van der Waals surface area contributed by atoms with Gasteiger partial charge in [-0.05, 0) is 5.56 Å². The molecule has 23 heavy (non-hydrogen) atoms. The zero-order chi connectivity index (χ0) is 15.8. The number of carbonyl (C=O) groups excluding carboxylic acids is 2. The van der Waals surface area contributed by atoms with Crippen LogP contribution in [0.5, 0.6) is 0 Å². The zero-order valence-corrected chi connectivity index (χ0v) is 12.1. The standard InChI is InChI=1S/C18H13N3O2/c22-17-16(13-9-5-2-6-10-13)18(23)21-15(19-17)11-14(20-21)12-7-3-1-4-8-12/h1-11,16H,(H,19,22)/t16-/m1/s1. The molecule has 1 N–H and O–H groups in total. The molecule has 1 aliphatic heterocycles. The van der Waals surface area contributed by atoms with Gasteiger partial charge in [0, 0.05) is 11.6 Å². The van der Waals surface area contributed by atoms with Gasteiger partial charge in [0.1, 0.15) is 11.7 Å². The van der Waals surface area contributed by atoms with Crippen LogP contribution in [0.15, 0.2) is 66.7 Å². The van der Waals surface area contributed by atoms with Gasteiger partial charge < -0.3 is 5.32 Å². The van der Waals surface area contributed by atoms with Gasteiger partial charge in [-0.2, -0.15) is 9.78 Å². The number of rotatable bonds is 2. The second-order valence-electron chi connectivity index (χ2n) is 5.36. The summed E-state index contributed by atoms with van der Waals surface area (Å²) in [5.74, 6) is -1.12. The lowest BCUT2D eigenvalue weighted by Crippen LogP contribution is -2.38. The summed E-state index contributed by atoms with van der Waals surface area (Å²) in [5.41, 5.74) is 2.22. The maximum atomic E-state index is 12.7. The fourth-order valence-corrected chi connectivity index (χ4v) is 2.76. The molecule has 2 aromatic carbocycles. The summed E-state index contributed by atoms with van der Waals surface area (Å²) in [6.07, 6.45) is 0. The molecule has 0 saturated carbocycles. The minimum Gasteiger partial charge on any atom is -0.309 e. The van der Waals surface area contributed by atoms with Gasteiger partial charge in [-0.15, -0.1) is 0 Å². The summed E-state index contributed by atoms with van der Waals surface area (Å²) in [5, 5.41) is 7.13. The Morgan fingerprint density at radius 3 is 2.26 bits per heavy atom. The second-order valence-corrected chi connectivity index (χ2v) is 5.36. The van der Waals surface area contributed by atoms with E-state index in [9.17, 15) is 9.59 Å². The minimum atomic E-state index is -0.868. The first-order chi connectivity index (χ1) is 11.2. The molecule has 5 nitrogen and oxygen atoms in total. The fourth-order valence-electron chi connectivity index (χ4n) is 2.76. The highest BCUT2D eigenvalue weighted by atomic mass is 16.2. The molecule has 0 aliphatic carbocycles. The summed E-state index contributed by atoms with van der Waals surface area (Å²) in [6, 6.07) is 20.3. The van der Waals surface area contributed by atoms with E-state index in [4.69, 9.17) is 0 Å². The van der Waals surface area contributed by atoms with Gasteiger partial charge in [0.2, 0.25) is 5.91 Å². The summed E-state index contributed by atoms with van der Waals surface area (Å²) < 4.78 is 1.28. The average molecular weight is 303 g/mol. The molecule has 0 fully saturated rings. The first-order valence-electron chi connectivity index (χ1n) is 7.29. The number of aromatic nitrogens is 2. The predicted molar refractivity (Wildman–Crippen MR) is 86.1 cm³/mol. The van der Waals surface area contributed by atoms with Gasteiger partial charge >= 0.3 is 0 Å². The van der Waals surface area contributed by atoms with E-state index in [0.717, 1.165) is 5.56 Å². The molecule has 112 valence electrons. The maximum Gasteiger partial charge on any atom is 0.265 e. The third-order valence-corrected chi connectivity index (χ3v) is 3.88. The summed E-state index contributed by atoms with van der Waals surface area (Å²) in [4.78, 5) is 25.1. The van der Waals surface area contributed by atoms with E-state index in [1.54, 1.807) is 18.2 Å². The summed E-state index contributed by atoms with van der Waals surface area (Å²) in [6.45, 7) is 0. The molecule has 1 aliphatic rings. The Hall–Kier alpha value is -3.21. The highest BCUT2D eigenvalue weighted by Crippen LogP contribution is 2.29. The molecule has 0 unspecified atom stereocenters. The number of hydrogen-bond donors (Lipinski definition) is 1. The lowest BCUT2D eigenvalue weighted by Gasteiger charge is -2.21. The van der Waals surface area contributed by atoms with Gasteiger partial charge in [0.15, 0.2) is 0 Å². The number of carbonyl (C=O) groups is 2.